The van der Waals surface area contributed by atoms with Gasteiger partial charge >= 0.3 is 0 Å². The Morgan fingerprint density at radius 2 is 2.17 bits per heavy atom. The van der Waals surface area contributed by atoms with Crippen LogP contribution in [0.15, 0.2) is 24.3 Å². The molecule has 1 amide bonds. The monoisotopic (exact) mass is 265 g/mol. The van der Waals surface area contributed by atoms with Crippen molar-refractivity contribution in [2.45, 2.75) is 18.8 Å². The quantitative estimate of drug-likeness (QED) is 0.840. The molecular formula is C14H19NO2S. The van der Waals surface area contributed by atoms with Crippen molar-refractivity contribution >= 4 is 17.7 Å². The zero-order valence-electron chi connectivity index (χ0n) is 10.9. The normalized spacial score (nSPS) is 19.9. The van der Waals surface area contributed by atoms with E-state index in [2.05, 4.69) is 6.26 Å². The average molecular weight is 265 g/mol. The fourth-order valence-corrected chi connectivity index (χ4v) is 2.62. The molecule has 0 saturated carbocycles. The summed E-state index contributed by atoms with van der Waals surface area (Å²) in [4.78, 5) is 14.2. The van der Waals surface area contributed by atoms with Crippen LogP contribution < -0.4 is 0 Å². The molecule has 1 aliphatic heterocycles. The Kier molecular flexibility index (Phi) is 4.66. The average Bonchev–Trinajstić information content (AvgIpc) is 2.39. The molecule has 0 radical (unpaired) electrons. The highest BCUT2D eigenvalue weighted by Gasteiger charge is 2.22. The summed E-state index contributed by atoms with van der Waals surface area (Å²) in [7, 11) is 0. The molecule has 1 fully saturated rings. The number of nitrogens with zero attached hydrogens (tertiary/aromatic N) is 1. The van der Waals surface area contributed by atoms with E-state index in [1.54, 1.807) is 11.8 Å². The number of rotatable bonds is 3. The van der Waals surface area contributed by atoms with E-state index in [9.17, 15) is 4.79 Å². The van der Waals surface area contributed by atoms with Gasteiger partial charge in [-0.15, -0.1) is 0 Å². The van der Waals surface area contributed by atoms with Crippen LogP contribution in [0.3, 0.4) is 0 Å². The molecule has 1 aliphatic rings. The van der Waals surface area contributed by atoms with E-state index >= 15 is 0 Å². The van der Waals surface area contributed by atoms with Crippen LogP contribution in [0.5, 0.6) is 0 Å². The van der Waals surface area contributed by atoms with Gasteiger partial charge in [-0.25, -0.2) is 0 Å². The van der Waals surface area contributed by atoms with Gasteiger partial charge in [-0.05, 0) is 30.9 Å². The molecule has 0 N–H and O–H groups in total. The second-order valence-electron chi connectivity index (χ2n) is 4.56. The Balaban J connectivity index is 2.03. The topological polar surface area (TPSA) is 29.5 Å². The number of thioether (sulfide) groups is 1. The van der Waals surface area contributed by atoms with E-state index in [0.29, 0.717) is 19.7 Å². The number of carbonyl (C=O) groups is 1. The molecule has 2 rings (SSSR count). The lowest BCUT2D eigenvalue weighted by atomic mass is 10.1. The fraction of sp³-hybridized carbons (Fsp3) is 0.500. The van der Waals surface area contributed by atoms with Gasteiger partial charge in [-0.3, -0.25) is 4.79 Å². The van der Waals surface area contributed by atoms with Gasteiger partial charge in [-0.2, -0.15) is 11.8 Å². The third-order valence-corrected chi connectivity index (χ3v) is 3.66. The summed E-state index contributed by atoms with van der Waals surface area (Å²) in [6.07, 6.45) is 2.22. The fourth-order valence-electron chi connectivity index (χ4n) is 2.10. The molecule has 1 atom stereocenters. The van der Waals surface area contributed by atoms with Gasteiger partial charge in [0.1, 0.15) is 0 Å². The molecule has 1 saturated heterocycles. The first kappa shape index (κ1) is 13.4. The predicted molar refractivity (Wildman–Crippen MR) is 75.0 cm³/mol. The Morgan fingerprint density at radius 1 is 1.44 bits per heavy atom. The molecule has 0 aromatic heterocycles. The van der Waals surface area contributed by atoms with Crippen molar-refractivity contribution in [3.05, 3.63) is 35.4 Å². The minimum atomic E-state index is 0.112. The van der Waals surface area contributed by atoms with Crippen molar-refractivity contribution in [1.29, 1.82) is 0 Å². The second kappa shape index (κ2) is 6.25. The Morgan fingerprint density at radius 3 is 2.78 bits per heavy atom. The van der Waals surface area contributed by atoms with Gasteiger partial charge in [0, 0.05) is 24.4 Å². The number of morpholine rings is 1. The molecule has 98 valence electrons. The lowest BCUT2D eigenvalue weighted by Gasteiger charge is -2.31. The maximum absolute atomic E-state index is 12.3. The molecule has 1 aromatic carbocycles. The minimum absolute atomic E-state index is 0.112. The number of ether oxygens (including phenoxy) is 1. The van der Waals surface area contributed by atoms with Gasteiger partial charge in [0.25, 0.3) is 5.91 Å². The lowest BCUT2D eigenvalue weighted by Crippen LogP contribution is -2.44. The van der Waals surface area contributed by atoms with Crippen LogP contribution in [0.4, 0.5) is 0 Å². The van der Waals surface area contributed by atoms with Gasteiger partial charge in [-0.1, -0.05) is 12.1 Å². The molecule has 1 unspecified atom stereocenters. The van der Waals surface area contributed by atoms with Gasteiger partial charge in [0.2, 0.25) is 0 Å². The maximum Gasteiger partial charge on any atom is 0.254 e. The van der Waals surface area contributed by atoms with Crippen LogP contribution in [0.25, 0.3) is 0 Å². The molecule has 1 aromatic rings. The predicted octanol–water partition coefficient (Wildman–Crippen LogP) is 2.41. The molecule has 18 heavy (non-hydrogen) atoms. The highest BCUT2D eigenvalue weighted by molar-refractivity contribution is 7.97. The van der Waals surface area contributed by atoms with Crippen LogP contribution in [0.1, 0.15) is 22.8 Å². The number of hydrogen-bond acceptors (Lipinski definition) is 3. The lowest BCUT2D eigenvalue weighted by molar-refractivity contribution is -0.0124. The van der Waals surface area contributed by atoms with E-state index in [1.807, 2.05) is 36.1 Å². The summed E-state index contributed by atoms with van der Waals surface area (Å²) in [5.41, 5.74) is 2.03. The SMILES string of the molecule is CSCc1ccc(C(=O)N2CCOC(C)C2)cc1. The number of amides is 1. The van der Waals surface area contributed by atoms with Crippen LogP contribution in [-0.4, -0.2) is 42.9 Å². The summed E-state index contributed by atoms with van der Waals surface area (Å²) in [5, 5.41) is 0. The first-order chi connectivity index (χ1) is 8.70. The second-order valence-corrected chi connectivity index (χ2v) is 5.43. The summed E-state index contributed by atoms with van der Waals surface area (Å²) in [6.45, 7) is 4.01. The zero-order valence-corrected chi connectivity index (χ0v) is 11.7. The summed E-state index contributed by atoms with van der Waals surface area (Å²) in [5.74, 6) is 1.10. The maximum atomic E-state index is 12.3. The summed E-state index contributed by atoms with van der Waals surface area (Å²) in [6, 6.07) is 7.92. The Labute approximate surface area is 113 Å². The van der Waals surface area contributed by atoms with Crippen LogP contribution in [-0.2, 0) is 10.5 Å². The van der Waals surface area contributed by atoms with Crippen molar-refractivity contribution in [3.8, 4) is 0 Å². The molecule has 1 heterocycles. The standard InChI is InChI=1S/C14H19NO2S/c1-11-9-15(7-8-17-11)14(16)13-5-3-12(4-6-13)10-18-2/h3-6,11H,7-10H2,1-2H3. The van der Waals surface area contributed by atoms with Crippen molar-refractivity contribution in [2.75, 3.05) is 26.0 Å². The van der Waals surface area contributed by atoms with Gasteiger partial charge in [0.15, 0.2) is 0 Å². The van der Waals surface area contributed by atoms with Crippen molar-refractivity contribution in [3.63, 3.8) is 0 Å². The highest BCUT2D eigenvalue weighted by atomic mass is 32.2. The van der Waals surface area contributed by atoms with Gasteiger partial charge < -0.3 is 9.64 Å². The molecular weight excluding hydrogens is 246 g/mol. The van der Waals surface area contributed by atoms with E-state index in [1.165, 1.54) is 5.56 Å². The molecule has 3 nitrogen and oxygen atoms in total. The molecule has 4 heteroatoms. The Hall–Kier alpha value is -1.00. The Bertz CT molecular complexity index is 405. The van der Waals surface area contributed by atoms with E-state index in [0.717, 1.165) is 11.3 Å². The van der Waals surface area contributed by atoms with E-state index in [4.69, 9.17) is 4.74 Å². The smallest absolute Gasteiger partial charge is 0.254 e. The van der Waals surface area contributed by atoms with Crippen LogP contribution in [0, 0.1) is 0 Å². The number of hydrogen-bond donors (Lipinski definition) is 0. The van der Waals surface area contributed by atoms with E-state index in [-0.39, 0.29) is 12.0 Å². The third-order valence-electron chi connectivity index (χ3n) is 3.04. The van der Waals surface area contributed by atoms with Crippen molar-refractivity contribution < 1.29 is 9.53 Å². The molecule has 0 aliphatic carbocycles. The third kappa shape index (κ3) is 3.27. The largest absolute Gasteiger partial charge is 0.375 e. The van der Waals surface area contributed by atoms with Crippen LogP contribution in [0.2, 0.25) is 0 Å². The van der Waals surface area contributed by atoms with Crippen LogP contribution >= 0.6 is 11.8 Å². The highest BCUT2D eigenvalue weighted by Crippen LogP contribution is 2.14. The van der Waals surface area contributed by atoms with E-state index < -0.39 is 0 Å². The van der Waals surface area contributed by atoms with Gasteiger partial charge in [0.05, 0.1) is 12.7 Å². The molecule has 0 bridgehead atoms. The van der Waals surface area contributed by atoms with Crippen molar-refractivity contribution in [2.24, 2.45) is 0 Å². The zero-order chi connectivity index (χ0) is 13.0. The minimum Gasteiger partial charge on any atom is -0.375 e. The first-order valence-electron chi connectivity index (χ1n) is 6.19. The van der Waals surface area contributed by atoms with Crippen molar-refractivity contribution in [1.82, 2.24) is 4.90 Å². The molecule has 0 spiro atoms. The number of carbonyl (C=O) groups excluding carboxylic acids is 1. The number of benzene rings is 1. The summed E-state index contributed by atoms with van der Waals surface area (Å²) >= 11 is 1.79. The first-order valence-corrected chi connectivity index (χ1v) is 7.59. The summed E-state index contributed by atoms with van der Waals surface area (Å²) < 4.78 is 5.45.